The third-order valence-corrected chi connectivity index (χ3v) is 5.19. The van der Waals surface area contributed by atoms with Crippen LogP contribution in [0.15, 0.2) is 18.3 Å². The van der Waals surface area contributed by atoms with Crippen LogP contribution in [0.4, 0.5) is 19.0 Å². The molecule has 0 bridgehead atoms. The molecule has 138 valence electrons. The van der Waals surface area contributed by atoms with Crippen LogP contribution < -0.4 is 5.73 Å². The predicted octanol–water partition coefficient (Wildman–Crippen LogP) is 3.98. The van der Waals surface area contributed by atoms with Crippen molar-refractivity contribution in [2.24, 2.45) is 0 Å². The first-order valence-electron chi connectivity index (χ1n) is 8.64. The summed E-state index contributed by atoms with van der Waals surface area (Å²) in [4.78, 5) is 4.62. The zero-order valence-corrected chi connectivity index (χ0v) is 14.1. The van der Waals surface area contributed by atoms with Crippen molar-refractivity contribution in [2.45, 2.75) is 31.9 Å². The second-order valence-electron chi connectivity index (χ2n) is 6.76. The molecule has 1 aromatic carbocycles. The van der Waals surface area contributed by atoms with Gasteiger partial charge in [-0.25, -0.2) is 4.98 Å². The minimum atomic E-state index is -4.55. The molecule has 0 saturated heterocycles. The Balaban J connectivity index is 1.89. The van der Waals surface area contributed by atoms with E-state index in [2.05, 4.69) is 25.4 Å². The standard InChI is InChI=1S/C18H15F3N6/c19-18(20,21)16-10(7-23-26-16)15-9-4-2-1-3-8(9)13-11(24-15)5-6-12-14(13)17(22)27-25-12/h5-7H,1-4H2,(H,23,26)(H3,22,25,27). The second kappa shape index (κ2) is 5.45. The Morgan fingerprint density at radius 1 is 1.00 bits per heavy atom. The molecule has 6 nitrogen and oxygen atoms in total. The maximum Gasteiger partial charge on any atom is 0.435 e. The van der Waals surface area contributed by atoms with Crippen molar-refractivity contribution in [3.63, 3.8) is 0 Å². The van der Waals surface area contributed by atoms with Crippen molar-refractivity contribution in [3.8, 4) is 11.3 Å². The van der Waals surface area contributed by atoms with Crippen LogP contribution in [0.2, 0.25) is 0 Å². The largest absolute Gasteiger partial charge is 0.435 e. The van der Waals surface area contributed by atoms with Gasteiger partial charge in [-0.2, -0.15) is 23.4 Å². The maximum atomic E-state index is 13.4. The van der Waals surface area contributed by atoms with Crippen LogP contribution in [0.5, 0.6) is 0 Å². The zero-order chi connectivity index (χ0) is 18.8. The molecule has 4 aromatic rings. The normalized spacial score (nSPS) is 14.8. The first-order chi connectivity index (χ1) is 12.9. The number of hydrogen-bond acceptors (Lipinski definition) is 4. The minimum absolute atomic E-state index is 0.0113. The summed E-state index contributed by atoms with van der Waals surface area (Å²) >= 11 is 0. The van der Waals surface area contributed by atoms with Crippen LogP contribution in [0, 0.1) is 0 Å². The second-order valence-corrected chi connectivity index (χ2v) is 6.76. The number of aryl methyl sites for hydroxylation is 1. The number of halogens is 3. The van der Waals surface area contributed by atoms with Crippen molar-refractivity contribution in [1.29, 1.82) is 0 Å². The Kier molecular flexibility index (Phi) is 3.25. The van der Waals surface area contributed by atoms with Crippen molar-refractivity contribution in [1.82, 2.24) is 25.4 Å². The molecule has 0 fully saturated rings. The Morgan fingerprint density at radius 2 is 1.78 bits per heavy atom. The molecule has 3 aromatic heterocycles. The van der Waals surface area contributed by atoms with Gasteiger partial charge >= 0.3 is 6.18 Å². The highest BCUT2D eigenvalue weighted by Gasteiger charge is 2.38. The number of alkyl halides is 3. The number of nitrogens with one attached hydrogen (secondary N) is 2. The van der Waals surface area contributed by atoms with Crippen molar-refractivity contribution < 1.29 is 13.2 Å². The topological polar surface area (TPSA) is 96.3 Å². The number of aromatic nitrogens is 5. The van der Waals surface area contributed by atoms with Gasteiger partial charge in [0.25, 0.3) is 0 Å². The molecule has 0 radical (unpaired) electrons. The molecule has 5 rings (SSSR count). The van der Waals surface area contributed by atoms with E-state index in [0.29, 0.717) is 23.4 Å². The summed E-state index contributed by atoms with van der Waals surface area (Å²) in [7, 11) is 0. The monoisotopic (exact) mass is 372 g/mol. The van der Waals surface area contributed by atoms with E-state index in [0.717, 1.165) is 46.7 Å². The molecule has 1 aliphatic rings. The summed E-state index contributed by atoms with van der Waals surface area (Å²) < 4.78 is 40.2. The Labute approximate surface area is 151 Å². The van der Waals surface area contributed by atoms with Gasteiger partial charge in [0.1, 0.15) is 0 Å². The average molecular weight is 372 g/mol. The van der Waals surface area contributed by atoms with Crippen molar-refractivity contribution >= 4 is 27.6 Å². The number of hydrogen-bond donors (Lipinski definition) is 3. The zero-order valence-electron chi connectivity index (χ0n) is 14.1. The highest BCUT2D eigenvalue weighted by atomic mass is 19.4. The number of aromatic amines is 2. The third kappa shape index (κ3) is 2.30. The van der Waals surface area contributed by atoms with Gasteiger partial charge in [-0.05, 0) is 48.9 Å². The molecule has 0 saturated carbocycles. The maximum absolute atomic E-state index is 13.4. The lowest BCUT2D eigenvalue weighted by Crippen LogP contribution is -2.11. The lowest BCUT2D eigenvalue weighted by molar-refractivity contribution is -0.140. The van der Waals surface area contributed by atoms with Crippen LogP contribution in [0.25, 0.3) is 33.1 Å². The highest BCUT2D eigenvalue weighted by Crippen LogP contribution is 2.42. The molecule has 1 aliphatic carbocycles. The van der Waals surface area contributed by atoms with E-state index in [1.165, 1.54) is 6.20 Å². The molecule has 27 heavy (non-hydrogen) atoms. The van der Waals surface area contributed by atoms with Gasteiger partial charge in [-0.15, -0.1) is 0 Å². The summed E-state index contributed by atoms with van der Waals surface area (Å²) in [6.45, 7) is 0. The quantitative estimate of drug-likeness (QED) is 0.471. The number of benzene rings is 1. The number of fused-ring (bicyclic) bond motifs is 5. The highest BCUT2D eigenvalue weighted by molar-refractivity contribution is 6.12. The summed E-state index contributed by atoms with van der Waals surface area (Å²) in [5.74, 6) is 0.372. The molecule has 3 heterocycles. The van der Waals surface area contributed by atoms with E-state index in [4.69, 9.17) is 5.73 Å². The van der Waals surface area contributed by atoms with Crippen LogP contribution in [-0.4, -0.2) is 25.4 Å². The fourth-order valence-corrected chi connectivity index (χ4v) is 4.07. The van der Waals surface area contributed by atoms with Crippen LogP contribution in [0.3, 0.4) is 0 Å². The number of nitrogen functional groups attached to an aromatic ring is 1. The predicted molar refractivity (Wildman–Crippen MR) is 95.0 cm³/mol. The fourth-order valence-electron chi connectivity index (χ4n) is 4.07. The number of H-pyrrole nitrogens is 2. The summed E-state index contributed by atoms with van der Waals surface area (Å²) in [5.41, 5.74) is 8.71. The van der Waals surface area contributed by atoms with E-state index >= 15 is 0 Å². The van der Waals surface area contributed by atoms with Gasteiger partial charge < -0.3 is 5.73 Å². The van der Waals surface area contributed by atoms with Crippen molar-refractivity contribution in [3.05, 3.63) is 35.2 Å². The number of rotatable bonds is 1. The minimum Gasteiger partial charge on any atom is -0.382 e. The van der Waals surface area contributed by atoms with E-state index in [-0.39, 0.29) is 5.56 Å². The molecule has 4 N–H and O–H groups in total. The van der Waals surface area contributed by atoms with Crippen molar-refractivity contribution in [2.75, 3.05) is 5.73 Å². The third-order valence-electron chi connectivity index (χ3n) is 5.19. The molecule has 0 amide bonds. The first kappa shape index (κ1) is 16.1. The van der Waals surface area contributed by atoms with Gasteiger partial charge in [-0.3, -0.25) is 10.2 Å². The van der Waals surface area contributed by atoms with E-state index in [9.17, 15) is 13.2 Å². The lowest BCUT2D eigenvalue weighted by Gasteiger charge is -2.22. The Bertz CT molecular complexity index is 1190. The first-order valence-corrected chi connectivity index (χ1v) is 8.64. The molecular weight excluding hydrogens is 357 g/mol. The fraction of sp³-hybridized carbons (Fsp3) is 0.278. The van der Waals surface area contributed by atoms with Gasteiger partial charge in [0.2, 0.25) is 0 Å². The number of nitrogens with zero attached hydrogens (tertiary/aromatic N) is 3. The van der Waals surface area contributed by atoms with E-state index < -0.39 is 11.9 Å². The SMILES string of the molecule is Nc1n[nH]c2ccc3nc(-c4c[nH]nc4C(F)(F)F)c4c(c3c12)CCCC4. The van der Waals surface area contributed by atoms with E-state index in [1.54, 1.807) is 12.1 Å². The molecule has 0 atom stereocenters. The number of nitrogens with two attached hydrogens (primary N) is 1. The molecular formula is C18H15F3N6. The van der Waals surface area contributed by atoms with Gasteiger partial charge in [-0.1, -0.05) is 0 Å². The number of pyridine rings is 1. The van der Waals surface area contributed by atoms with Crippen LogP contribution >= 0.6 is 0 Å². The molecule has 0 aliphatic heterocycles. The molecule has 0 unspecified atom stereocenters. The summed E-state index contributed by atoms with van der Waals surface area (Å²) in [5, 5.41) is 14.4. The lowest BCUT2D eigenvalue weighted by atomic mass is 9.85. The van der Waals surface area contributed by atoms with Crippen LogP contribution in [0.1, 0.15) is 29.7 Å². The van der Waals surface area contributed by atoms with Gasteiger partial charge in [0.05, 0.1) is 27.7 Å². The Hall–Kier alpha value is -3.10. The molecule has 0 spiro atoms. The average Bonchev–Trinajstić information content (AvgIpc) is 3.28. The van der Waals surface area contributed by atoms with Gasteiger partial charge in [0, 0.05) is 11.6 Å². The molecule has 9 heteroatoms. The number of anilines is 1. The Morgan fingerprint density at radius 3 is 2.56 bits per heavy atom. The smallest absolute Gasteiger partial charge is 0.382 e. The van der Waals surface area contributed by atoms with E-state index in [1.807, 2.05) is 0 Å². The van der Waals surface area contributed by atoms with Gasteiger partial charge in [0.15, 0.2) is 11.5 Å². The summed E-state index contributed by atoms with van der Waals surface area (Å²) in [6.07, 6.45) is 0.0397. The summed E-state index contributed by atoms with van der Waals surface area (Å²) in [6, 6.07) is 3.59. The van der Waals surface area contributed by atoms with Crippen LogP contribution in [-0.2, 0) is 19.0 Å².